The second kappa shape index (κ2) is 5.45. The van der Waals surface area contributed by atoms with Crippen molar-refractivity contribution >= 4 is 37.5 Å². The molecule has 1 atom stereocenters. The topological polar surface area (TPSA) is 50.2 Å². The number of hydrogen-bond donors (Lipinski definition) is 2. The van der Waals surface area contributed by atoms with Crippen LogP contribution in [0.25, 0.3) is 4.91 Å². The van der Waals surface area contributed by atoms with E-state index in [0.717, 1.165) is 0 Å². The number of alkyl halides is 4. The number of halogens is 5. The van der Waals surface area contributed by atoms with Crippen molar-refractivity contribution in [3.05, 3.63) is 56.2 Å². The van der Waals surface area contributed by atoms with E-state index < -0.39 is 39.2 Å². The molecule has 0 spiro atoms. The van der Waals surface area contributed by atoms with Crippen LogP contribution in [0.4, 0.5) is 17.6 Å². The summed E-state index contributed by atoms with van der Waals surface area (Å²) in [4.78, 5) is 15.8. The number of aliphatic hydroxyl groups is 1. The van der Waals surface area contributed by atoms with Gasteiger partial charge in [-0.1, -0.05) is 0 Å². The highest BCUT2D eigenvalue weighted by atomic mass is 79.9. The lowest BCUT2D eigenvalue weighted by Gasteiger charge is -2.23. The minimum atomic E-state index is -4.95. The largest absolute Gasteiger partial charge is 0.505 e. The smallest absolute Gasteiger partial charge is 0.379 e. The highest BCUT2D eigenvalue weighted by Crippen LogP contribution is 2.65. The summed E-state index contributed by atoms with van der Waals surface area (Å²) >= 11 is 3.24. The van der Waals surface area contributed by atoms with Crippen molar-refractivity contribution in [1.82, 2.24) is 4.98 Å². The van der Waals surface area contributed by atoms with Gasteiger partial charge in [-0.2, -0.15) is 28.5 Å². The third-order valence-corrected chi connectivity index (χ3v) is 7.57. The zero-order valence-corrected chi connectivity index (χ0v) is 14.5. The quantitative estimate of drug-likeness (QED) is 0.535. The molecule has 2 heterocycles. The molecular formula is C15H10BrF4NO2S. The molecule has 0 saturated carbocycles. The van der Waals surface area contributed by atoms with E-state index in [4.69, 9.17) is 0 Å². The summed E-state index contributed by atoms with van der Waals surface area (Å²) in [6.07, 6.45) is 4.50. The van der Waals surface area contributed by atoms with Crippen LogP contribution in [0.5, 0.6) is 0 Å². The molecule has 0 bridgehead atoms. The summed E-state index contributed by atoms with van der Waals surface area (Å²) in [5.74, 6) is -13.7. The summed E-state index contributed by atoms with van der Waals surface area (Å²) in [6.45, 7) is 1.54. The maximum Gasteiger partial charge on any atom is 0.379 e. The first kappa shape index (κ1) is 17.2. The summed E-state index contributed by atoms with van der Waals surface area (Å²) in [7, 11) is -2.00. The lowest BCUT2D eigenvalue weighted by molar-refractivity contribution is -0.190. The molecule has 1 aliphatic heterocycles. The Balaban J connectivity index is 2.19. The molecule has 1 aromatic heterocycles. The van der Waals surface area contributed by atoms with Crippen molar-refractivity contribution < 1.29 is 27.5 Å². The van der Waals surface area contributed by atoms with Gasteiger partial charge in [0.05, 0.1) is 4.91 Å². The number of carbonyl (C=O) groups is 1. The number of aromatic nitrogens is 1. The highest BCUT2D eigenvalue weighted by molar-refractivity contribution is 9.12. The summed E-state index contributed by atoms with van der Waals surface area (Å²) in [5, 5.41) is 9.72. The van der Waals surface area contributed by atoms with Crippen LogP contribution in [0.3, 0.4) is 0 Å². The Kier molecular flexibility index (Phi) is 3.91. The van der Waals surface area contributed by atoms with Crippen LogP contribution in [0.15, 0.2) is 50.7 Å². The number of nitrogens with zero attached hydrogens (tertiary/aromatic N) is 1. The van der Waals surface area contributed by atoms with Crippen LogP contribution < -0.4 is 0 Å². The monoisotopic (exact) mass is 423 g/mol. The standard InChI is InChI=1S/C15H10BrF4NO2S/c1-7-9(16)6-10(8-2-4-21-5-3-8)24(7)11-12(22)14(17,18)15(19,20)13(11)23/h2-6,22,24H,1H3. The molecule has 24 heavy (non-hydrogen) atoms. The maximum atomic E-state index is 13.7. The van der Waals surface area contributed by atoms with Gasteiger partial charge >= 0.3 is 11.8 Å². The Hall–Kier alpha value is -1.61. The van der Waals surface area contributed by atoms with Crippen molar-refractivity contribution in [1.29, 1.82) is 0 Å². The predicted molar refractivity (Wildman–Crippen MR) is 87.4 cm³/mol. The molecule has 0 amide bonds. The zero-order chi connectivity index (χ0) is 17.9. The molecule has 3 nitrogen and oxygen atoms in total. The molecule has 0 radical (unpaired) electrons. The molecule has 0 saturated heterocycles. The molecule has 3 rings (SSSR count). The number of ketones is 1. The number of rotatable bonds is 2. The van der Waals surface area contributed by atoms with E-state index in [1.165, 1.54) is 12.4 Å². The predicted octanol–water partition coefficient (Wildman–Crippen LogP) is 4.69. The van der Waals surface area contributed by atoms with Crippen LogP contribution in [-0.2, 0) is 4.79 Å². The van der Waals surface area contributed by atoms with Crippen molar-refractivity contribution in [3.63, 3.8) is 0 Å². The van der Waals surface area contributed by atoms with Crippen LogP contribution >= 0.6 is 26.8 Å². The van der Waals surface area contributed by atoms with Gasteiger partial charge in [0.25, 0.3) is 0 Å². The Labute approximate surface area is 145 Å². The van der Waals surface area contributed by atoms with Gasteiger partial charge in [-0.05, 0) is 51.5 Å². The van der Waals surface area contributed by atoms with Gasteiger partial charge in [-0.15, -0.1) is 0 Å². The molecule has 2 aliphatic rings. The molecular weight excluding hydrogens is 414 g/mol. The molecule has 0 fully saturated rings. The normalized spacial score (nSPS) is 27.0. The zero-order valence-electron chi connectivity index (χ0n) is 12.0. The van der Waals surface area contributed by atoms with Crippen LogP contribution in [0, 0.1) is 0 Å². The van der Waals surface area contributed by atoms with Crippen molar-refractivity contribution in [3.8, 4) is 0 Å². The number of Topliss-reactive ketones (excluding diaryl/α,β-unsaturated/α-hetero) is 1. The van der Waals surface area contributed by atoms with Crippen molar-refractivity contribution in [2.24, 2.45) is 0 Å². The molecule has 1 N–H and O–H groups in total. The fourth-order valence-electron chi connectivity index (χ4n) is 2.50. The van der Waals surface area contributed by atoms with Crippen LogP contribution in [0.1, 0.15) is 12.5 Å². The van der Waals surface area contributed by atoms with E-state index in [9.17, 15) is 27.5 Å². The Morgan fingerprint density at radius 2 is 1.75 bits per heavy atom. The number of allylic oxidation sites excluding steroid dienone is 5. The summed E-state index contributed by atoms with van der Waals surface area (Å²) in [5.41, 5.74) is 0.552. The van der Waals surface area contributed by atoms with Crippen molar-refractivity contribution in [2.45, 2.75) is 18.8 Å². The number of pyridine rings is 1. The Morgan fingerprint density at radius 1 is 1.17 bits per heavy atom. The second-order valence-corrected chi connectivity index (χ2v) is 8.33. The van der Waals surface area contributed by atoms with Gasteiger partial charge in [0.15, 0.2) is 5.76 Å². The second-order valence-electron chi connectivity index (χ2n) is 5.21. The van der Waals surface area contributed by atoms with Gasteiger partial charge in [-0.3, -0.25) is 9.78 Å². The van der Waals surface area contributed by atoms with E-state index in [0.29, 0.717) is 19.9 Å². The highest BCUT2D eigenvalue weighted by Gasteiger charge is 2.72. The molecule has 1 aromatic rings. The minimum Gasteiger partial charge on any atom is -0.505 e. The van der Waals surface area contributed by atoms with Gasteiger partial charge in [-0.25, -0.2) is 0 Å². The first-order chi connectivity index (χ1) is 11.1. The van der Waals surface area contributed by atoms with Crippen LogP contribution in [0.2, 0.25) is 0 Å². The van der Waals surface area contributed by atoms with E-state index in [1.54, 1.807) is 25.1 Å². The molecule has 9 heteroatoms. The third kappa shape index (κ3) is 2.17. The maximum absolute atomic E-state index is 13.7. The average Bonchev–Trinajstić information content (AvgIpc) is 2.89. The number of hydrogen-bond acceptors (Lipinski definition) is 3. The molecule has 1 aliphatic carbocycles. The lowest BCUT2D eigenvalue weighted by atomic mass is 10.2. The van der Waals surface area contributed by atoms with Crippen molar-refractivity contribution in [2.75, 3.05) is 0 Å². The number of thiol groups is 1. The summed E-state index contributed by atoms with van der Waals surface area (Å²) < 4.78 is 55.3. The van der Waals surface area contributed by atoms with Gasteiger partial charge < -0.3 is 5.11 Å². The Morgan fingerprint density at radius 3 is 2.25 bits per heavy atom. The van der Waals surface area contributed by atoms with E-state index in [-0.39, 0.29) is 0 Å². The first-order valence-electron chi connectivity index (χ1n) is 6.63. The fourth-order valence-corrected chi connectivity index (χ4v) is 6.02. The SMILES string of the molecule is CC1=C(Br)C=C(c2ccncc2)[SH]1C1=C(O)C(F)(F)C(F)(F)C1=O. The van der Waals surface area contributed by atoms with Crippen LogP contribution in [-0.4, -0.2) is 27.7 Å². The number of carbonyl (C=O) groups excluding carboxylic acids is 1. The molecule has 0 aromatic carbocycles. The van der Waals surface area contributed by atoms with E-state index in [2.05, 4.69) is 20.9 Å². The van der Waals surface area contributed by atoms with Gasteiger partial charge in [0, 0.05) is 21.8 Å². The fraction of sp³-hybridized carbons (Fsp3) is 0.200. The van der Waals surface area contributed by atoms with E-state index in [1.807, 2.05) is 0 Å². The lowest BCUT2D eigenvalue weighted by Crippen LogP contribution is -2.42. The third-order valence-electron chi connectivity index (χ3n) is 3.80. The molecule has 128 valence electrons. The summed E-state index contributed by atoms with van der Waals surface area (Å²) in [6, 6.07) is 3.15. The average molecular weight is 424 g/mol. The minimum absolute atomic E-state index is 0.417. The first-order valence-corrected chi connectivity index (χ1v) is 8.77. The Bertz CT molecular complexity index is 833. The molecule has 1 unspecified atom stereocenters. The van der Waals surface area contributed by atoms with Gasteiger partial charge in [0.2, 0.25) is 5.78 Å². The number of aliphatic hydroxyl groups excluding tert-OH is 1. The van der Waals surface area contributed by atoms with E-state index >= 15 is 0 Å². The van der Waals surface area contributed by atoms with Gasteiger partial charge in [0.1, 0.15) is 0 Å².